The second kappa shape index (κ2) is 16.1. The third-order valence-corrected chi connectivity index (χ3v) is 6.34. The molecule has 0 aromatic heterocycles. The number of nitrogens with zero attached hydrogens (tertiary/aromatic N) is 1. The van der Waals surface area contributed by atoms with Crippen LogP contribution in [-0.4, -0.2) is 89.2 Å². The van der Waals surface area contributed by atoms with Crippen molar-refractivity contribution in [2.45, 2.75) is 61.2 Å². The number of nitrogens with one attached hydrogen (secondary N) is 3. The van der Waals surface area contributed by atoms with Crippen molar-refractivity contribution in [3.63, 3.8) is 0 Å². The molecule has 0 aromatic rings. The maximum atomic E-state index is 12.7. The van der Waals surface area contributed by atoms with Gasteiger partial charge >= 0.3 is 6.18 Å². The lowest BCUT2D eigenvalue weighted by atomic mass is 9.96. The van der Waals surface area contributed by atoms with Gasteiger partial charge in [-0.05, 0) is 31.9 Å². The summed E-state index contributed by atoms with van der Waals surface area (Å²) in [7, 11) is 1.43. The first-order valence-electron chi connectivity index (χ1n) is 10.4. The highest BCUT2D eigenvalue weighted by atomic mass is 127. The van der Waals surface area contributed by atoms with Crippen LogP contribution in [-0.2, 0) is 4.74 Å². The first-order valence-corrected chi connectivity index (χ1v) is 11.6. The Kier molecular flexibility index (Phi) is 15.9. The van der Waals surface area contributed by atoms with E-state index in [1.54, 1.807) is 6.92 Å². The topological polar surface area (TPSA) is 153 Å². The van der Waals surface area contributed by atoms with Crippen LogP contribution in [0.2, 0.25) is 0 Å². The van der Waals surface area contributed by atoms with E-state index in [9.17, 15) is 23.4 Å². The minimum absolute atomic E-state index is 0.00928. The third kappa shape index (κ3) is 13.2. The van der Waals surface area contributed by atoms with Crippen molar-refractivity contribution in [2.75, 3.05) is 33.3 Å². The number of nitrogens with two attached hydrogens (primary N) is 2. The first kappa shape index (κ1) is 31.4. The third-order valence-electron chi connectivity index (χ3n) is 5.15. The highest BCUT2D eigenvalue weighted by Crippen LogP contribution is 2.26. The lowest BCUT2D eigenvalue weighted by molar-refractivity contribution is -0.140. The fourth-order valence-corrected chi connectivity index (χ4v) is 4.00. The normalized spacial score (nSPS) is 18.8. The van der Waals surface area contributed by atoms with Crippen molar-refractivity contribution in [1.82, 2.24) is 15.6 Å². The molecule has 0 bridgehead atoms. The molecule has 13 heteroatoms. The molecule has 0 saturated heterocycles. The lowest BCUT2D eigenvalue weighted by Gasteiger charge is -2.33. The Hall–Kier alpha value is -0.550. The molecule has 0 aliphatic rings. The fraction of sp³-hybridized carbons (Fsp3) is 0.842. The van der Waals surface area contributed by atoms with Crippen LogP contribution < -0.4 is 22.2 Å². The van der Waals surface area contributed by atoms with E-state index in [0.717, 1.165) is 6.21 Å². The average Bonchev–Trinajstić information content (AvgIpc) is 2.72. The lowest BCUT2D eigenvalue weighted by Crippen LogP contribution is -2.57. The molecule has 32 heavy (non-hydrogen) atoms. The number of halogens is 4. The molecule has 3 unspecified atom stereocenters. The zero-order valence-corrected chi connectivity index (χ0v) is 20.9. The summed E-state index contributed by atoms with van der Waals surface area (Å²) in [5, 5.41) is 34.1. The number of ether oxygens (including phenoxy) is 1. The number of methoxy groups -OCH3 is 1. The molecule has 0 heterocycles. The maximum Gasteiger partial charge on any atom is 0.389 e. The zero-order chi connectivity index (χ0) is 24.9. The predicted molar refractivity (Wildman–Crippen MR) is 128 cm³/mol. The molecule has 0 radical (unpaired) electrons. The van der Waals surface area contributed by atoms with Gasteiger partial charge in [-0.1, -0.05) is 29.5 Å². The minimum Gasteiger partial charge on any atom is -0.507 e. The Morgan fingerprint density at radius 2 is 1.97 bits per heavy atom. The molecule has 6 atom stereocenters. The van der Waals surface area contributed by atoms with E-state index in [2.05, 4.69) is 10.6 Å². The molecule has 0 aliphatic carbocycles. The largest absolute Gasteiger partial charge is 0.507 e. The van der Waals surface area contributed by atoms with Crippen LogP contribution in [0.4, 0.5) is 13.2 Å². The van der Waals surface area contributed by atoms with Gasteiger partial charge in [0.15, 0.2) is 0 Å². The van der Waals surface area contributed by atoms with Gasteiger partial charge in [0.2, 0.25) is 0 Å². The quantitative estimate of drug-likeness (QED) is 0.0258. The van der Waals surface area contributed by atoms with Gasteiger partial charge in [0.05, 0.1) is 18.9 Å². The van der Waals surface area contributed by atoms with Gasteiger partial charge in [-0.2, -0.15) is 13.2 Å². The number of rotatable bonds is 17. The molecule has 0 rings (SSSR count). The van der Waals surface area contributed by atoms with Crippen LogP contribution >= 0.6 is 22.6 Å². The predicted octanol–water partition coefficient (Wildman–Crippen LogP) is 1.26. The van der Waals surface area contributed by atoms with E-state index in [1.807, 2.05) is 29.5 Å². The number of allylic oxidation sites excluding steroid dienone is 1. The minimum atomic E-state index is -4.24. The van der Waals surface area contributed by atoms with Gasteiger partial charge in [0, 0.05) is 42.6 Å². The summed E-state index contributed by atoms with van der Waals surface area (Å²) < 4.78 is 43.1. The monoisotopic (exact) mass is 582 g/mol. The van der Waals surface area contributed by atoms with Gasteiger partial charge < -0.3 is 31.4 Å². The summed E-state index contributed by atoms with van der Waals surface area (Å²) in [4.78, 5) is 0. The molecule has 0 aliphatic heterocycles. The maximum absolute atomic E-state index is 12.7. The van der Waals surface area contributed by atoms with Gasteiger partial charge in [-0.25, -0.2) is 5.01 Å². The number of aliphatic hydroxyl groups excluding tert-OH is 2. The summed E-state index contributed by atoms with van der Waals surface area (Å²) in [5.74, 6) is 5.44. The second-order valence-electron chi connectivity index (χ2n) is 7.61. The highest BCUT2D eigenvalue weighted by molar-refractivity contribution is 14.1. The molecule has 0 amide bonds. The summed E-state index contributed by atoms with van der Waals surface area (Å²) in [6.07, 6.45) is -4.59. The average molecular weight is 582 g/mol. The Morgan fingerprint density at radius 3 is 2.47 bits per heavy atom. The van der Waals surface area contributed by atoms with Crippen LogP contribution in [0.15, 0.2) is 11.8 Å². The Labute approximate surface area is 201 Å². The van der Waals surface area contributed by atoms with Crippen molar-refractivity contribution in [3.8, 4) is 0 Å². The number of hydrogen-bond donors (Lipinski definition) is 7. The van der Waals surface area contributed by atoms with Crippen molar-refractivity contribution in [2.24, 2.45) is 17.5 Å². The molecular formula is C19H38F3IN6O3. The number of aliphatic hydroxyl groups is 2. The molecule has 190 valence electrons. The van der Waals surface area contributed by atoms with Crippen LogP contribution in [0.25, 0.3) is 0 Å². The molecule has 0 fully saturated rings. The first-order chi connectivity index (χ1) is 14.9. The zero-order valence-electron chi connectivity index (χ0n) is 18.8. The van der Waals surface area contributed by atoms with Crippen LogP contribution in [0.3, 0.4) is 0 Å². The molecule has 0 aromatic carbocycles. The van der Waals surface area contributed by atoms with E-state index in [-0.39, 0.29) is 35.2 Å². The molecule has 9 N–H and O–H groups in total. The standard InChI is InChI=1S/C19H38F3IN6O3/c1-4-27-9-13(5-6-19(20,21)22)16(32-3)10-28-17(31)11-29(26)12(2)18(25)15(23)7-14(30)8-24/h7-8,12-13,15-18,24,27-28,30-31H,4-6,9-11,25-26H2,1-3H3/b14-7+,24-8?/t12?,13?,15-,16+,17?,18-/m1/s1. The van der Waals surface area contributed by atoms with Gasteiger partial charge in [0.25, 0.3) is 0 Å². The molecular weight excluding hydrogens is 544 g/mol. The Balaban J connectivity index is 4.81. The number of hydrazine groups is 1. The van der Waals surface area contributed by atoms with Gasteiger partial charge in [0.1, 0.15) is 12.0 Å². The second-order valence-corrected chi connectivity index (χ2v) is 9.05. The molecule has 0 saturated carbocycles. The number of alkyl halides is 4. The van der Waals surface area contributed by atoms with Crippen molar-refractivity contribution >= 4 is 28.8 Å². The van der Waals surface area contributed by atoms with Gasteiger partial charge in [-0.15, -0.1) is 0 Å². The van der Waals surface area contributed by atoms with E-state index in [0.29, 0.717) is 13.1 Å². The SMILES string of the molecule is CCNCC(CCC(F)(F)F)[C@H](CNC(O)CN(N)C(C)[C@@H](N)[C@H](I)/C=C(/O)C=N)OC. The smallest absolute Gasteiger partial charge is 0.389 e. The summed E-state index contributed by atoms with van der Waals surface area (Å²) in [6.45, 7) is 4.78. The van der Waals surface area contributed by atoms with E-state index >= 15 is 0 Å². The van der Waals surface area contributed by atoms with E-state index in [1.165, 1.54) is 18.2 Å². The van der Waals surface area contributed by atoms with Crippen LogP contribution in [0, 0.1) is 11.3 Å². The molecule has 9 nitrogen and oxygen atoms in total. The van der Waals surface area contributed by atoms with Crippen LogP contribution in [0.5, 0.6) is 0 Å². The Bertz CT molecular complexity index is 559. The Morgan fingerprint density at radius 1 is 1.34 bits per heavy atom. The summed E-state index contributed by atoms with van der Waals surface area (Å²) >= 11 is 2.02. The van der Waals surface area contributed by atoms with Crippen molar-refractivity contribution in [1.29, 1.82) is 5.41 Å². The summed E-state index contributed by atoms with van der Waals surface area (Å²) in [6, 6.07) is -0.872. The fourth-order valence-electron chi connectivity index (χ4n) is 3.03. The van der Waals surface area contributed by atoms with E-state index < -0.39 is 36.9 Å². The van der Waals surface area contributed by atoms with E-state index in [4.69, 9.17) is 21.7 Å². The summed E-state index contributed by atoms with van der Waals surface area (Å²) in [5.41, 5.74) is 6.16. The number of hydrogen-bond acceptors (Lipinski definition) is 9. The van der Waals surface area contributed by atoms with Gasteiger partial charge in [-0.3, -0.25) is 11.2 Å². The van der Waals surface area contributed by atoms with Crippen molar-refractivity contribution < 1.29 is 28.1 Å². The van der Waals surface area contributed by atoms with Crippen LogP contribution in [0.1, 0.15) is 26.7 Å². The highest BCUT2D eigenvalue weighted by Gasteiger charge is 2.31. The molecule has 0 spiro atoms. The van der Waals surface area contributed by atoms with Crippen molar-refractivity contribution in [3.05, 3.63) is 11.8 Å².